The number of morpholine rings is 1. The highest BCUT2D eigenvalue weighted by molar-refractivity contribution is 7.89. The van der Waals surface area contributed by atoms with Gasteiger partial charge in [0, 0.05) is 29.7 Å². The van der Waals surface area contributed by atoms with Crippen LogP contribution >= 0.6 is 11.6 Å². The molecule has 2 heterocycles. The lowest BCUT2D eigenvalue weighted by molar-refractivity contribution is 0.0730. The predicted octanol–water partition coefficient (Wildman–Crippen LogP) is 3.67. The number of hydrogen-bond acceptors (Lipinski definition) is 7. The molecule has 174 valence electrons. The number of sulfonamides is 1. The van der Waals surface area contributed by atoms with Gasteiger partial charge in [0.1, 0.15) is 5.75 Å². The van der Waals surface area contributed by atoms with Crippen LogP contribution in [0.1, 0.15) is 17.4 Å². The van der Waals surface area contributed by atoms with Crippen molar-refractivity contribution in [1.82, 2.24) is 9.46 Å². The molecule has 1 fully saturated rings. The van der Waals surface area contributed by atoms with E-state index in [0.29, 0.717) is 41.9 Å². The third-order valence-corrected chi connectivity index (χ3v) is 7.13. The van der Waals surface area contributed by atoms with Gasteiger partial charge >= 0.3 is 0 Å². The van der Waals surface area contributed by atoms with Crippen molar-refractivity contribution in [2.45, 2.75) is 11.8 Å². The summed E-state index contributed by atoms with van der Waals surface area (Å²) in [5, 5.41) is 7.09. The fourth-order valence-corrected chi connectivity index (χ4v) is 4.86. The molecule has 0 spiro atoms. The van der Waals surface area contributed by atoms with Crippen molar-refractivity contribution in [2.24, 2.45) is 0 Å². The summed E-state index contributed by atoms with van der Waals surface area (Å²) in [4.78, 5) is 12.9. The molecule has 1 N–H and O–H groups in total. The van der Waals surface area contributed by atoms with Crippen molar-refractivity contribution < 1.29 is 27.2 Å². The summed E-state index contributed by atoms with van der Waals surface area (Å²) in [6, 6.07) is 12.8. The van der Waals surface area contributed by atoms with Gasteiger partial charge < -0.3 is 19.3 Å². The summed E-state index contributed by atoms with van der Waals surface area (Å²) in [6.07, 6.45) is 0. The average Bonchev–Trinajstić information content (AvgIpc) is 3.32. The smallest absolute Gasteiger partial charge is 0.277 e. The molecule has 1 aliphatic rings. The van der Waals surface area contributed by atoms with E-state index < -0.39 is 15.9 Å². The van der Waals surface area contributed by atoms with Crippen molar-refractivity contribution in [2.75, 3.05) is 38.2 Å². The summed E-state index contributed by atoms with van der Waals surface area (Å²) < 4.78 is 43.5. The zero-order valence-electron chi connectivity index (χ0n) is 17.8. The number of nitrogens with zero attached hydrogens (tertiary/aromatic N) is 2. The maximum Gasteiger partial charge on any atom is 0.277 e. The number of ether oxygens (including phenoxy) is 2. The first-order chi connectivity index (χ1) is 15.9. The fraction of sp³-hybridized carbons (Fsp3) is 0.273. The normalized spacial score (nSPS) is 14.7. The van der Waals surface area contributed by atoms with Crippen LogP contribution in [0.4, 0.5) is 5.69 Å². The molecule has 0 bridgehead atoms. The van der Waals surface area contributed by atoms with Gasteiger partial charge in [-0.25, -0.2) is 8.42 Å². The molecule has 1 aromatic heterocycles. The zero-order chi connectivity index (χ0) is 23.4. The first kappa shape index (κ1) is 23.2. The minimum atomic E-state index is -3.75. The SMILES string of the molecule is CCOc1ccc(S(=O)(=O)N2CCOCC2)cc1NC(=O)c1cc(-c2ccc(Cl)cc2)on1. The second kappa shape index (κ2) is 9.92. The monoisotopic (exact) mass is 491 g/mol. The number of amides is 1. The summed E-state index contributed by atoms with van der Waals surface area (Å²) in [6.45, 7) is 3.33. The summed E-state index contributed by atoms with van der Waals surface area (Å²) >= 11 is 5.91. The van der Waals surface area contributed by atoms with Crippen LogP contribution in [-0.2, 0) is 14.8 Å². The van der Waals surface area contributed by atoms with Gasteiger partial charge in [-0.3, -0.25) is 4.79 Å². The highest BCUT2D eigenvalue weighted by atomic mass is 35.5. The molecular formula is C22H22ClN3O6S. The van der Waals surface area contributed by atoms with Crippen LogP contribution in [0.25, 0.3) is 11.3 Å². The number of aromatic nitrogens is 1. The molecule has 0 atom stereocenters. The Morgan fingerprint density at radius 3 is 2.58 bits per heavy atom. The zero-order valence-corrected chi connectivity index (χ0v) is 19.4. The Morgan fingerprint density at radius 2 is 1.88 bits per heavy atom. The molecule has 4 rings (SSSR count). The summed E-state index contributed by atoms with van der Waals surface area (Å²) in [5.74, 6) is 0.166. The molecule has 1 amide bonds. The molecule has 0 radical (unpaired) electrons. The number of rotatable bonds is 7. The van der Waals surface area contributed by atoms with Crippen molar-refractivity contribution in [1.29, 1.82) is 0 Å². The van der Waals surface area contributed by atoms with Crippen LogP contribution < -0.4 is 10.1 Å². The average molecular weight is 492 g/mol. The highest BCUT2D eigenvalue weighted by Crippen LogP contribution is 2.30. The molecule has 2 aromatic carbocycles. The van der Waals surface area contributed by atoms with Crippen molar-refractivity contribution in [3.8, 4) is 17.1 Å². The molecule has 9 nitrogen and oxygen atoms in total. The standard InChI is InChI=1S/C22H22ClN3O6S/c1-2-31-20-8-7-17(33(28,29)26-9-11-30-12-10-26)13-18(20)24-22(27)19-14-21(32-25-19)15-3-5-16(23)6-4-15/h3-8,13-14H,2,9-12H2,1H3,(H,24,27). The molecule has 1 aliphatic heterocycles. The van der Waals surface area contributed by atoms with Crippen LogP contribution in [0.2, 0.25) is 5.02 Å². The number of nitrogens with one attached hydrogen (secondary N) is 1. The van der Waals surface area contributed by atoms with Gasteiger partial charge in [0.2, 0.25) is 10.0 Å². The third kappa shape index (κ3) is 5.19. The highest BCUT2D eigenvalue weighted by Gasteiger charge is 2.27. The first-order valence-electron chi connectivity index (χ1n) is 10.3. The predicted molar refractivity (Wildman–Crippen MR) is 122 cm³/mol. The van der Waals surface area contributed by atoms with E-state index in [9.17, 15) is 13.2 Å². The van der Waals surface area contributed by atoms with Gasteiger partial charge in [-0.2, -0.15) is 4.31 Å². The maximum absolute atomic E-state index is 13.0. The van der Waals surface area contributed by atoms with Crippen LogP contribution in [-0.4, -0.2) is 56.7 Å². The molecular weight excluding hydrogens is 470 g/mol. The summed E-state index contributed by atoms with van der Waals surface area (Å²) in [5.41, 5.74) is 0.954. The minimum Gasteiger partial charge on any atom is -0.492 e. The van der Waals surface area contributed by atoms with E-state index in [2.05, 4.69) is 10.5 Å². The number of anilines is 1. The van der Waals surface area contributed by atoms with Gasteiger partial charge in [-0.1, -0.05) is 16.8 Å². The Kier molecular flexibility index (Phi) is 6.99. The molecule has 0 unspecified atom stereocenters. The van der Waals surface area contributed by atoms with Gasteiger partial charge in [0.05, 0.1) is 30.4 Å². The van der Waals surface area contributed by atoms with Crippen LogP contribution in [0.15, 0.2) is 57.9 Å². The van der Waals surface area contributed by atoms with Crippen LogP contribution in [0.5, 0.6) is 5.75 Å². The van der Waals surface area contributed by atoms with Gasteiger partial charge in [0.25, 0.3) is 5.91 Å². The molecule has 3 aromatic rings. The van der Waals surface area contributed by atoms with Crippen molar-refractivity contribution >= 4 is 33.2 Å². The first-order valence-corrected chi connectivity index (χ1v) is 12.1. The van der Waals surface area contributed by atoms with Crippen LogP contribution in [0.3, 0.4) is 0 Å². The Morgan fingerprint density at radius 1 is 1.15 bits per heavy atom. The molecule has 33 heavy (non-hydrogen) atoms. The minimum absolute atomic E-state index is 0.0313. The molecule has 0 saturated carbocycles. The van der Waals surface area contributed by atoms with Crippen molar-refractivity contribution in [3.05, 3.63) is 59.2 Å². The van der Waals surface area contributed by atoms with Gasteiger partial charge in [0.15, 0.2) is 11.5 Å². The van der Waals surface area contributed by atoms with Crippen LogP contribution in [0, 0.1) is 0 Å². The molecule has 1 saturated heterocycles. The number of benzene rings is 2. The number of hydrogen-bond donors (Lipinski definition) is 1. The second-order valence-electron chi connectivity index (χ2n) is 7.14. The van der Waals surface area contributed by atoms with E-state index in [0.717, 1.165) is 0 Å². The van der Waals surface area contributed by atoms with E-state index in [1.54, 1.807) is 31.2 Å². The van der Waals surface area contributed by atoms with Gasteiger partial charge in [-0.15, -0.1) is 0 Å². The molecule has 0 aliphatic carbocycles. The number of carbonyl (C=O) groups excluding carboxylic acids is 1. The quantitative estimate of drug-likeness (QED) is 0.536. The summed E-state index contributed by atoms with van der Waals surface area (Å²) in [7, 11) is -3.75. The number of carbonyl (C=O) groups is 1. The Balaban J connectivity index is 1.59. The topological polar surface area (TPSA) is 111 Å². The van der Waals surface area contributed by atoms with E-state index in [4.69, 9.17) is 25.6 Å². The van der Waals surface area contributed by atoms with E-state index in [1.165, 1.54) is 28.6 Å². The fourth-order valence-electron chi connectivity index (χ4n) is 3.30. The molecule has 11 heteroatoms. The lowest BCUT2D eigenvalue weighted by Crippen LogP contribution is -2.40. The van der Waals surface area contributed by atoms with E-state index in [1.807, 2.05) is 0 Å². The van der Waals surface area contributed by atoms with Crippen molar-refractivity contribution in [3.63, 3.8) is 0 Å². The Bertz CT molecular complexity index is 1240. The lowest BCUT2D eigenvalue weighted by Gasteiger charge is -2.26. The number of halogens is 1. The maximum atomic E-state index is 13.0. The Hall–Kier alpha value is -2.92. The van der Waals surface area contributed by atoms with E-state index >= 15 is 0 Å². The largest absolute Gasteiger partial charge is 0.492 e. The lowest BCUT2D eigenvalue weighted by atomic mass is 10.1. The van der Waals surface area contributed by atoms with E-state index in [-0.39, 0.29) is 29.4 Å². The third-order valence-electron chi connectivity index (χ3n) is 4.98. The van der Waals surface area contributed by atoms with Gasteiger partial charge in [-0.05, 0) is 49.4 Å². The Labute approximate surface area is 196 Å². The second-order valence-corrected chi connectivity index (χ2v) is 9.52.